The third kappa shape index (κ3) is 8.37. The van der Waals surface area contributed by atoms with Crippen LogP contribution in [0.5, 0.6) is 0 Å². The summed E-state index contributed by atoms with van der Waals surface area (Å²) >= 11 is 0. The first-order valence-electron chi connectivity index (χ1n) is 13.4. The fourth-order valence-electron chi connectivity index (χ4n) is 4.88. The van der Waals surface area contributed by atoms with Crippen molar-refractivity contribution < 1.29 is 4.79 Å². The number of aryl methyl sites for hydroxylation is 1. The third-order valence-electron chi connectivity index (χ3n) is 6.77. The second-order valence-corrected chi connectivity index (χ2v) is 9.61. The summed E-state index contributed by atoms with van der Waals surface area (Å²) in [7, 11) is 0. The number of carbonyl (C=O) groups excluding carboxylic acids is 1. The molecule has 0 N–H and O–H groups in total. The van der Waals surface area contributed by atoms with E-state index in [1.54, 1.807) is 0 Å². The van der Waals surface area contributed by atoms with Crippen molar-refractivity contribution in [2.75, 3.05) is 0 Å². The molecule has 35 heavy (non-hydrogen) atoms. The number of benzene rings is 2. The maximum absolute atomic E-state index is 13.6. The number of hydrogen-bond acceptors (Lipinski definition) is 1. The summed E-state index contributed by atoms with van der Waals surface area (Å²) in [5.74, 6) is 0.712. The molecule has 0 radical (unpaired) electrons. The molecule has 0 aliphatic carbocycles. The van der Waals surface area contributed by atoms with E-state index in [-0.39, 0.29) is 5.78 Å². The van der Waals surface area contributed by atoms with Gasteiger partial charge >= 0.3 is 0 Å². The minimum atomic E-state index is 0.0562. The van der Waals surface area contributed by atoms with Gasteiger partial charge in [0.1, 0.15) is 0 Å². The quantitative estimate of drug-likeness (QED) is 0.0886. The SMILES string of the molecule is C=Cc1c(CC(CCC)CCCCCC)cccc1C(=O)/C(C)=C/C(=C=CC)c1ccccc1C. The summed E-state index contributed by atoms with van der Waals surface area (Å²) < 4.78 is 0. The van der Waals surface area contributed by atoms with E-state index in [0.29, 0.717) is 11.5 Å². The molecule has 0 bridgehead atoms. The van der Waals surface area contributed by atoms with Crippen LogP contribution in [-0.4, -0.2) is 5.78 Å². The number of allylic oxidation sites excluding steroid dienone is 3. The Hall–Kier alpha value is -2.89. The fraction of sp³-hybridized carbons (Fsp3) is 0.412. The van der Waals surface area contributed by atoms with E-state index in [1.807, 2.05) is 56.3 Å². The molecule has 1 nitrogen and oxygen atoms in total. The zero-order chi connectivity index (χ0) is 25.6. The monoisotopic (exact) mass is 468 g/mol. The van der Waals surface area contributed by atoms with Crippen LogP contribution in [-0.2, 0) is 6.42 Å². The maximum Gasteiger partial charge on any atom is 0.189 e. The Morgan fingerprint density at radius 1 is 0.971 bits per heavy atom. The van der Waals surface area contributed by atoms with Crippen molar-refractivity contribution in [2.24, 2.45) is 5.92 Å². The summed E-state index contributed by atoms with van der Waals surface area (Å²) in [6, 6.07) is 14.4. The van der Waals surface area contributed by atoms with Gasteiger partial charge in [-0.1, -0.05) is 114 Å². The summed E-state index contributed by atoms with van der Waals surface area (Å²) in [5.41, 5.74) is 10.2. The van der Waals surface area contributed by atoms with Crippen molar-refractivity contribution in [1.29, 1.82) is 0 Å². The molecule has 0 spiro atoms. The number of rotatable bonds is 14. The number of unbranched alkanes of at least 4 members (excludes halogenated alkanes) is 3. The average molecular weight is 469 g/mol. The van der Waals surface area contributed by atoms with Gasteiger partial charge in [0, 0.05) is 11.1 Å². The number of ketones is 1. The second kappa shape index (κ2) is 15.2. The van der Waals surface area contributed by atoms with Crippen LogP contribution in [0.15, 0.2) is 72.5 Å². The zero-order valence-corrected chi connectivity index (χ0v) is 22.6. The van der Waals surface area contributed by atoms with Gasteiger partial charge in [0.2, 0.25) is 0 Å². The van der Waals surface area contributed by atoms with Gasteiger partial charge in [0.25, 0.3) is 0 Å². The van der Waals surface area contributed by atoms with E-state index < -0.39 is 0 Å². The van der Waals surface area contributed by atoms with Crippen LogP contribution in [0.3, 0.4) is 0 Å². The lowest BCUT2D eigenvalue weighted by atomic mass is 9.85. The molecule has 1 unspecified atom stereocenters. The van der Waals surface area contributed by atoms with E-state index in [4.69, 9.17) is 0 Å². The van der Waals surface area contributed by atoms with Crippen molar-refractivity contribution in [3.8, 4) is 0 Å². The Morgan fingerprint density at radius 2 is 1.71 bits per heavy atom. The Morgan fingerprint density at radius 3 is 2.37 bits per heavy atom. The van der Waals surface area contributed by atoms with Crippen molar-refractivity contribution in [3.05, 3.63) is 100 Å². The maximum atomic E-state index is 13.6. The van der Waals surface area contributed by atoms with Gasteiger partial charge in [0.15, 0.2) is 5.78 Å². The molecule has 0 aliphatic rings. The highest BCUT2D eigenvalue weighted by atomic mass is 16.1. The number of Topliss-reactive ketones (excluding diaryl/α,β-unsaturated/α-hetero) is 1. The fourth-order valence-corrected chi connectivity index (χ4v) is 4.88. The van der Waals surface area contributed by atoms with Crippen LogP contribution in [0.25, 0.3) is 11.6 Å². The molecular weight excluding hydrogens is 424 g/mol. The first-order valence-corrected chi connectivity index (χ1v) is 13.4. The molecule has 1 heteroatoms. The van der Waals surface area contributed by atoms with Crippen molar-refractivity contribution >= 4 is 17.4 Å². The first kappa shape index (κ1) is 28.3. The molecule has 2 aromatic carbocycles. The smallest absolute Gasteiger partial charge is 0.189 e. The van der Waals surface area contributed by atoms with Crippen molar-refractivity contribution in [1.82, 2.24) is 0 Å². The molecule has 2 rings (SSSR count). The predicted octanol–water partition coefficient (Wildman–Crippen LogP) is 9.95. The summed E-state index contributed by atoms with van der Waals surface area (Å²) in [5, 5.41) is 0. The first-order chi connectivity index (χ1) is 17.0. The lowest BCUT2D eigenvalue weighted by Gasteiger charge is -2.19. The molecule has 0 aliphatic heterocycles. The third-order valence-corrected chi connectivity index (χ3v) is 6.77. The zero-order valence-electron chi connectivity index (χ0n) is 22.6. The minimum Gasteiger partial charge on any atom is -0.289 e. The molecule has 0 fully saturated rings. The highest BCUT2D eigenvalue weighted by Crippen LogP contribution is 2.28. The molecule has 0 saturated carbocycles. The van der Waals surface area contributed by atoms with E-state index in [9.17, 15) is 4.79 Å². The van der Waals surface area contributed by atoms with E-state index in [1.165, 1.54) is 56.1 Å². The Bertz CT molecular complexity index is 1080. The van der Waals surface area contributed by atoms with Gasteiger partial charge in [-0.25, -0.2) is 0 Å². The molecule has 0 heterocycles. The van der Waals surface area contributed by atoms with Crippen LogP contribution in [0.1, 0.15) is 105 Å². The highest BCUT2D eigenvalue weighted by molar-refractivity contribution is 6.11. The van der Waals surface area contributed by atoms with Crippen LogP contribution in [0, 0.1) is 12.8 Å². The van der Waals surface area contributed by atoms with Gasteiger partial charge in [0.05, 0.1) is 0 Å². The second-order valence-electron chi connectivity index (χ2n) is 9.61. The normalized spacial score (nSPS) is 12.1. The van der Waals surface area contributed by atoms with Gasteiger partial charge in [-0.3, -0.25) is 4.79 Å². The van der Waals surface area contributed by atoms with E-state index in [2.05, 4.69) is 51.3 Å². The van der Waals surface area contributed by atoms with E-state index >= 15 is 0 Å². The van der Waals surface area contributed by atoms with Crippen LogP contribution < -0.4 is 0 Å². The van der Waals surface area contributed by atoms with Gasteiger partial charge in [-0.15, -0.1) is 5.73 Å². The minimum absolute atomic E-state index is 0.0562. The Balaban J connectivity index is 2.35. The van der Waals surface area contributed by atoms with E-state index in [0.717, 1.165) is 28.7 Å². The molecule has 0 saturated heterocycles. The average Bonchev–Trinajstić information content (AvgIpc) is 2.86. The molecule has 0 aromatic heterocycles. The molecule has 2 aromatic rings. The topological polar surface area (TPSA) is 17.1 Å². The lowest BCUT2D eigenvalue weighted by molar-refractivity contribution is 0.103. The summed E-state index contributed by atoms with van der Waals surface area (Å²) in [6.45, 7) is 14.6. The molecule has 186 valence electrons. The molecular formula is C34H44O. The highest BCUT2D eigenvalue weighted by Gasteiger charge is 2.18. The molecule has 1 atom stereocenters. The van der Waals surface area contributed by atoms with Gasteiger partial charge < -0.3 is 0 Å². The van der Waals surface area contributed by atoms with Crippen molar-refractivity contribution in [2.45, 2.75) is 86.0 Å². The Kier molecular flexibility index (Phi) is 12.3. The van der Waals surface area contributed by atoms with Crippen LogP contribution in [0.4, 0.5) is 0 Å². The predicted molar refractivity (Wildman–Crippen MR) is 154 cm³/mol. The number of hydrogen-bond donors (Lipinski definition) is 0. The summed E-state index contributed by atoms with van der Waals surface area (Å²) in [6.07, 6.45) is 15.6. The lowest BCUT2D eigenvalue weighted by Crippen LogP contribution is -2.10. The number of carbonyl (C=O) groups is 1. The van der Waals surface area contributed by atoms with Crippen molar-refractivity contribution in [3.63, 3.8) is 0 Å². The van der Waals surface area contributed by atoms with Gasteiger partial charge in [-0.2, -0.15) is 0 Å². The Labute approximate surface area is 214 Å². The standard InChI is InChI=1S/C34H44O/c1-7-11-12-13-20-28(17-8-2)25-30-21-16-23-33(31(30)10-4)34(35)27(6)24-29(18-9-3)32-22-15-14-19-26(32)5/h9-10,14-16,19,21-24,28H,4,7-8,11-13,17,20,25H2,1-3,5-6H3/b27-24+. The van der Waals surface area contributed by atoms with Gasteiger partial charge in [-0.05, 0) is 73.1 Å². The van der Waals surface area contributed by atoms with Crippen LogP contribution >= 0.6 is 0 Å². The molecule has 0 amide bonds. The largest absolute Gasteiger partial charge is 0.289 e. The summed E-state index contributed by atoms with van der Waals surface area (Å²) in [4.78, 5) is 13.6. The van der Waals surface area contributed by atoms with Crippen LogP contribution in [0.2, 0.25) is 0 Å².